The molecule has 96 valence electrons. The van der Waals surface area contributed by atoms with E-state index < -0.39 is 0 Å². The molecule has 0 aliphatic carbocycles. The summed E-state index contributed by atoms with van der Waals surface area (Å²) in [6, 6.07) is 0. The zero-order chi connectivity index (χ0) is 13.1. The summed E-state index contributed by atoms with van der Waals surface area (Å²) in [6.07, 6.45) is 1.09. The first kappa shape index (κ1) is 14.0. The minimum Gasteiger partial charge on any atom is -0.465 e. The van der Waals surface area contributed by atoms with Gasteiger partial charge in [-0.15, -0.1) is 0 Å². The molecule has 0 aromatic carbocycles. The number of esters is 1. The molecule has 17 heavy (non-hydrogen) atoms. The van der Waals surface area contributed by atoms with Crippen LogP contribution in [-0.2, 0) is 4.74 Å². The second-order valence-corrected chi connectivity index (χ2v) is 5.80. The highest BCUT2D eigenvalue weighted by Crippen LogP contribution is 2.26. The number of methoxy groups -OCH3 is 1. The van der Waals surface area contributed by atoms with Crippen molar-refractivity contribution in [3.8, 4) is 0 Å². The summed E-state index contributed by atoms with van der Waals surface area (Å²) in [5.74, 6) is -0.317. The van der Waals surface area contributed by atoms with Crippen LogP contribution in [0.15, 0.2) is 0 Å². The van der Waals surface area contributed by atoms with Gasteiger partial charge in [-0.05, 0) is 18.8 Å². The van der Waals surface area contributed by atoms with Crippen LogP contribution in [-0.4, -0.2) is 24.6 Å². The van der Waals surface area contributed by atoms with Crippen molar-refractivity contribution in [3.05, 3.63) is 10.6 Å². The van der Waals surface area contributed by atoms with E-state index in [2.05, 4.69) is 31.1 Å². The minimum atomic E-state index is -0.317. The van der Waals surface area contributed by atoms with Gasteiger partial charge in [0, 0.05) is 6.54 Å². The number of aryl methyl sites for hydroxylation is 1. The van der Waals surface area contributed by atoms with E-state index in [1.165, 1.54) is 18.4 Å². The molecule has 0 spiro atoms. The van der Waals surface area contributed by atoms with Crippen LogP contribution in [0, 0.1) is 12.3 Å². The maximum absolute atomic E-state index is 11.4. The summed E-state index contributed by atoms with van der Waals surface area (Å²) in [4.78, 5) is 16.3. The topological polar surface area (TPSA) is 51.2 Å². The Morgan fingerprint density at radius 3 is 2.71 bits per heavy atom. The number of aromatic nitrogens is 1. The predicted molar refractivity (Wildman–Crippen MR) is 70.8 cm³/mol. The molecule has 0 saturated carbocycles. The van der Waals surface area contributed by atoms with Crippen LogP contribution in [0.2, 0.25) is 0 Å². The van der Waals surface area contributed by atoms with Crippen LogP contribution < -0.4 is 5.32 Å². The fraction of sp³-hybridized carbons (Fsp3) is 0.667. The van der Waals surface area contributed by atoms with Gasteiger partial charge in [-0.1, -0.05) is 32.1 Å². The summed E-state index contributed by atoms with van der Waals surface area (Å²) in [7, 11) is 1.38. The van der Waals surface area contributed by atoms with Gasteiger partial charge >= 0.3 is 5.97 Å². The molecule has 0 radical (unpaired) electrons. The number of hydrogen-bond acceptors (Lipinski definition) is 5. The number of carbonyl (C=O) groups is 1. The van der Waals surface area contributed by atoms with Gasteiger partial charge in [0.15, 0.2) is 5.13 Å². The molecule has 0 unspecified atom stereocenters. The Morgan fingerprint density at radius 2 is 2.18 bits per heavy atom. The van der Waals surface area contributed by atoms with E-state index >= 15 is 0 Å². The van der Waals surface area contributed by atoms with Crippen LogP contribution >= 0.6 is 11.3 Å². The van der Waals surface area contributed by atoms with Gasteiger partial charge in [0.1, 0.15) is 4.88 Å². The fourth-order valence-corrected chi connectivity index (χ4v) is 2.07. The SMILES string of the molecule is CCC(C)(C)CNc1nc(C)c(C(=O)OC)s1. The van der Waals surface area contributed by atoms with E-state index in [9.17, 15) is 4.79 Å². The number of ether oxygens (including phenoxy) is 1. The summed E-state index contributed by atoms with van der Waals surface area (Å²) in [5.41, 5.74) is 0.948. The van der Waals surface area contributed by atoms with E-state index in [-0.39, 0.29) is 11.4 Å². The highest BCUT2D eigenvalue weighted by molar-refractivity contribution is 7.17. The number of hydrogen-bond donors (Lipinski definition) is 1. The van der Waals surface area contributed by atoms with Gasteiger partial charge in [0.2, 0.25) is 0 Å². The van der Waals surface area contributed by atoms with E-state index in [0.29, 0.717) is 4.88 Å². The lowest BCUT2D eigenvalue weighted by atomic mass is 9.90. The first-order valence-corrected chi connectivity index (χ1v) is 6.51. The van der Waals surface area contributed by atoms with Crippen LogP contribution in [0.3, 0.4) is 0 Å². The third kappa shape index (κ3) is 3.70. The standard InChI is InChI=1S/C12H20N2O2S/c1-6-12(3,4)7-13-11-14-8(2)9(17-11)10(15)16-5/h6-7H2,1-5H3,(H,13,14). The second kappa shape index (κ2) is 5.49. The molecular formula is C12H20N2O2S. The Balaban J connectivity index is 2.71. The molecule has 0 aliphatic rings. The second-order valence-electron chi connectivity index (χ2n) is 4.80. The number of carbonyl (C=O) groups excluding carboxylic acids is 1. The predicted octanol–water partition coefficient (Wildman–Crippen LogP) is 3.09. The summed E-state index contributed by atoms with van der Waals surface area (Å²) < 4.78 is 4.70. The van der Waals surface area contributed by atoms with Crippen molar-refractivity contribution < 1.29 is 9.53 Å². The molecule has 1 heterocycles. The largest absolute Gasteiger partial charge is 0.465 e. The molecule has 0 amide bonds. The quantitative estimate of drug-likeness (QED) is 0.822. The van der Waals surface area contributed by atoms with Gasteiger partial charge in [-0.3, -0.25) is 0 Å². The average molecular weight is 256 g/mol. The van der Waals surface area contributed by atoms with Crippen molar-refractivity contribution >= 4 is 22.4 Å². The normalized spacial score (nSPS) is 11.4. The third-order valence-corrected chi connectivity index (χ3v) is 3.94. The molecule has 4 nitrogen and oxygen atoms in total. The van der Waals surface area contributed by atoms with Crippen molar-refractivity contribution in [1.82, 2.24) is 4.98 Å². The lowest BCUT2D eigenvalue weighted by Crippen LogP contribution is -2.21. The lowest BCUT2D eigenvalue weighted by molar-refractivity contribution is 0.0605. The average Bonchev–Trinajstić information content (AvgIpc) is 2.67. The molecule has 1 aromatic heterocycles. The molecule has 5 heteroatoms. The molecular weight excluding hydrogens is 236 g/mol. The zero-order valence-electron chi connectivity index (χ0n) is 11.1. The van der Waals surface area contributed by atoms with E-state index in [1.54, 1.807) is 0 Å². The lowest BCUT2D eigenvalue weighted by Gasteiger charge is -2.22. The smallest absolute Gasteiger partial charge is 0.350 e. The first-order chi connectivity index (χ1) is 7.89. The molecule has 0 aliphatic heterocycles. The van der Waals surface area contributed by atoms with Crippen molar-refractivity contribution in [1.29, 1.82) is 0 Å². The minimum absolute atomic E-state index is 0.227. The highest BCUT2D eigenvalue weighted by atomic mass is 32.1. The van der Waals surface area contributed by atoms with Crippen molar-refractivity contribution in [2.45, 2.75) is 34.1 Å². The first-order valence-electron chi connectivity index (χ1n) is 5.69. The zero-order valence-corrected chi connectivity index (χ0v) is 11.9. The molecule has 1 N–H and O–H groups in total. The Morgan fingerprint density at radius 1 is 1.53 bits per heavy atom. The van der Waals surface area contributed by atoms with Crippen molar-refractivity contribution in [2.75, 3.05) is 19.0 Å². The van der Waals surface area contributed by atoms with Crippen LogP contribution in [0.4, 0.5) is 5.13 Å². The third-order valence-electron chi connectivity index (χ3n) is 2.84. The maximum Gasteiger partial charge on any atom is 0.350 e. The van der Waals surface area contributed by atoms with Crippen LogP contribution in [0.25, 0.3) is 0 Å². The van der Waals surface area contributed by atoms with Crippen LogP contribution in [0.1, 0.15) is 42.6 Å². The molecule has 0 saturated heterocycles. The molecule has 1 rings (SSSR count). The number of rotatable bonds is 5. The van der Waals surface area contributed by atoms with Gasteiger partial charge in [-0.2, -0.15) is 0 Å². The number of anilines is 1. The monoisotopic (exact) mass is 256 g/mol. The summed E-state index contributed by atoms with van der Waals surface area (Å²) in [6.45, 7) is 9.22. The van der Waals surface area contributed by atoms with E-state index in [4.69, 9.17) is 4.74 Å². The van der Waals surface area contributed by atoms with E-state index in [0.717, 1.165) is 23.8 Å². The maximum atomic E-state index is 11.4. The fourth-order valence-electron chi connectivity index (χ4n) is 1.19. The Bertz CT molecular complexity index is 399. The highest BCUT2D eigenvalue weighted by Gasteiger charge is 2.18. The number of nitrogens with one attached hydrogen (secondary N) is 1. The van der Waals surface area contributed by atoms with E-state index in [1.807, 2.05) is 6.92 Å². The van der Waals surface area contributed by atoms with Crippen LogP contribution in [0.5, 0.6) is 0 Å². The molecule has 1 aromatic rings. The van der Waals surface area contributed by atoms with Crippen molar-refractivity contribution in [3.63, 3.8) is 0 Å². The van der Waals surface area contributed by atoms with Gasteiger partial charge in [-0.25, -0.2) is 9.78 Å². The van der Waals surface area contributed by atoms with Gasteiger partial charge < -0.3 is 10.1 Å². The Kier molecular flexibility index (Phi) is 4.51. The Labute approximate surface area is 106 Å². The van der Waals surface area contributed by atoms with Gasteiger partial charge in [0.05, 0.1) is 12.8 Å². The molecule has 0 bridgehead atoms. The number of nitrogens with zero attached hydrogens (tertiary/aromatic N) is 1. The summed E-state index contributed by atoms with van der Waals surface area (Å²) >= 11 is 1.35. The molecule has 0 fully saturated rings. The van der Waals surface area contributed by atoms with Crippen molar-refractivity contribution in [2.24, 2.45) is 5.41 Å². The number of thiazole rings is 1. The Hall–Kier alpha value is -1.10. The van der Waals surface area contributed by atoms with Gasteiger partial charge in [0.25, 0.3) is 0 Å². The molecule has 0 atom stereocenters. The summed E-state index contributed by atoms with van der Waals surface area (Å²) in [5, 5.41) is 4.06.